The molecule has 3 heteroatoms. The molecule has 0 saturated carbocycles. The lowest BCUT2D eigenvalue weighted by Gasteiger charge is -2.06. The molecule has 0 aromatic heterocycles. The standard InChI is InChI=1S/C14H18O3/c1-12(17-14(15)16-2)8-6-7-11-13-9-4-3-5-10-13/h3-6,8-10,12H,7,11H2,1-2H3/b8-6+. The summed E-state index contributed by atoms with van der Waals surface area (Å²) < 4.78 is 9.31. The smallest absolute Gasteiger partial charge is 0.438 e. The van der Waals surface area contributed by atoms with Crippen molar-refractivity contribution in [2.24, 2.45) is 0 Å². The minimum absolute atomic E-state index is 0.252. The van der Waals surface area contributed by atoms with Gasteiger partial charge in [-0.25, -0.2) is 4.79 Å². The Morgan fingerprint density at radius 2 is 2.06 bits per heavy atom. The van der Waals surface area contributed by atoms with Gasteiger partial charge >= 0.3 is 6.16 Å². The minimum atomic E-state index is -0.648. The first-order chi connectivity index (χ1) is 8.22. The number of allylic oxidation sites excluding steroid dienone is 1. The Kier molecular flexibility index (Phi) is 5.86. The van der Waals surface area contributed by atoms with Gasteiger partial charge in [-0.2, -0.15) is 0 Å². The lowest BCUT2D eigenvalue weighted by molar-refractivity contribution is 0.0578. The van der Waals surface area contributed by atoms with E-state index in [1.54, 1.807) is 6.92 Å². The number of aryl methyl sites for hydroxylation is 1. The maximum atomic E-state index is 10.8. The number of ether oxygens (including phenoxy) is 2. The third-order valence-corrected chi connectivity index (χ3v) is 2.30. The highest BCUT2D eigenvalue weighted by Gasteiger charge is 2.04. The lowest BCUT2D eigenvalue weighted by Crippen LogP contribution is -2.12. The molecule has 0 heterocycles. The summed E-state index contributed by atoms with van der Waals surface area (Å²) in [4.78, 5) is 10.8. The van der Waals surface area contributed by atoms with Crippen molar-refractivity contribution >= 4 is 6.16 Å². The molecule has 0 aliphatic rings. The Morgan fingerprint density at radius 1 is 1.35 bits per heavy atom. The molecular formula is C14H18O3. The molecule has 1 unspecified atom stereocenters. The largest absolute Gasteiger partial charge is 0.508 e. The van der Waals surface area contributed by atoms with Gasteiger partial charge in [-0.05, 0) is 31.4 Å². The van der Waals surface area contributed by atoms with Crippen molar-refractivity contribution in [1.29, 1.82) is 0 Å². The van der Waals surface area contributed by atoms with E-state index in [0.29, 0.717) is 0 Å². The van der Waals surface area contributed by atoms with Gasteiger partial charge in [0, 0.05) is 0 Å². The van der Waals surface area contributed by atoms with E-state index in [4.69, 9.17) is 4.74 Å². The van der Waals surface area contributed by atoms with E-state index >= 15 is 0 Å². The number of hydrogen-bond acceptors (Lipinski definition) is 3. The first-order valence-electron chi connectivity index (χ1n) is 5.67. The fourth-order valence-electron chi connectivity index (χ4n) is 1.42. The van der Waals surface area contributed by atoms with Crippen LogP contribution in [0.4, 0.5) is 4.79 Å². The van der Waals surface area contributed by atoms with Crippen LogP contribution in [0.5, 0.6) is 0 Å². The molecule has 0 N–H and O–H groups in total. The molecule has 0 radical (unpaired) electrons. The summed E-state index contributed by atoms with van der Waals surface area (Å²) in [5.74, 6) is 0. The van der Waals surface area contributed by atoms with E-state index in [9.17, 15) is 4.79 Å². The molecular weight excluding hydrogens is 216 g/mol. The van der Waals surface area contributed by atoms with E-state index < -0.39 is 6.16 Å². The molecule has 1 atom stereocenters. The van der Waals surface area contributed by atoms with Crippen molar-refractivity contribution in [2.75, 3.05) is 7.11 Å². The van der Waals surface area contributed by atoms with Crippen molar-refractivity contribution in [3.05, 3.63) is 48.0 Å². The normalized spacial score (nSPS) is 12.4. The Bertz CT molecular complexity index is 357. The zero-order chi connectivity index (χ0) is 12.5. The summed E-state index contributed by atoms with van der Waals surface area (Å²) in [5.41, 5.74) is 1.30. The monoisotopic (exact) mass is 234 g/mol. The molecule has 3 nitrogen and oxygen atoms in total. The molecule has 1 aromatic carbocycles. The molecule has 0 aliphatic heterocycles. The molecule has 17 heavy (non-hydrogen) atoms. The first kappa shape index (κ1) is 13.3. The third-order valence-electron chi connectivity index (χ3n) is 2.30. The summed E-state index contributed by atoms with van der Waals surface area (Å²) >= 11 is 0. The Balaban J connectivity index is 2.24. The fourth-order valence-corrected chi connectivity index (χ4v) is 1.42. The van der Waals surface area contributed by atoms with Gasteiger partial charge in [0.15, 0.2) is 0 Å². The van der Waals surface area contributed by atoms with Crippen LogP contribution in [0.25, 0.3) is 0 Å². The zero-order valence-electron chi connectivity index (χ0n) is 10.3. The Labute approximate surface area is 102 Å². The number of benzene rings is 1. The number of carbonyl (C=O) groups excluding carboxylic acids is 1. The van der Waals surface area contributed by atoms with Gasteiger partial charge in [-0.3, -0.25) is 0 Å². The molecule has 1 aromatic rings. The van der Waals surface area contributed by atoms with Gasteiger partial charge in [0.1, 0.15) is 6.10 Å². The summed E-state index contributed by atoms with van der Waals surface area (Å²) in [6.45, 7) is 1.80. The van der Waals surface area contributed by atoms with Crippen molar-refractivity contribution < 1.29 is 14.3 Å². The van der Waals surface area contributed by atoms with E-state index in [2.05, 4.69) is 16.9 Å². The van der Waals surface area contributed by atoms with Crippen LogP contribution >= 0.6 is 0 Å². The molecule has 0 spiro atoms. The van der Waals surface area contributed by atoms with Crippen LogP contribution in [0.2, 0.25) is 0 Å². The zero-order valence-corrected chi connectivity index (χ0v) is 10.3. The summed E-state index contributed by atoms with van der Waals surface area (Å²) in [7, 11) is 1.30. The van der Waals surface area contributed by atoms with Crippen molar-refractivity contribution in [2.45, 2.75) is 25.9 Å². The van der Waals surface area contributed by atoms with E-state index in [1.165, 1.54) is 12.7 Å². The van der Waals surface area contributed by atoms with Crippen LogP contribution < -0.4 is 0 Å². The highest BCUT2D eigenvalue weighted by atomic mass is 16.7. The van der Waals surface area contributed by atoms with Crippen molar-refractivity contribution in [3.63, 3.8) is 0 Å². The molecule has 1 rings (SSSR count). The van der Waals surface area contributed by atoms with E-state index in [1.807, 2.05) is 30.4 Å². The van der Waals surface area contributed by atoms with Crippen LogP contribution in [0.1, 0.15) is 18.9 Å². The average Bonchev–Trinajstić information content (AvgIpc) is 2.36. The Hall–Kier alpha value is -1.77. The number of rotatable bonds is 5. The third kappa shape index (κ3) is 5.76. The summed E-state index contributed by atoms with van der Waals surface area (Å²) in [6, 6.07) is 10.3. The predicted octanol–water partition coefficient (Wildman–Crippen LogP) is 3.35. The first-order valence-corrected chi connectivity index (χ1v) is 5.67. The minimum Gasteiger partial charge on any atom is -0.438 e. The molecule has 0 amide bonds. The second-order valence-corrected chi connectivity index (χ2v) is 3.73. The second-order valence-electron chi connectivity index (χ2n) is 3.73. The highest BCUT2D eigenvalue weighted by Crippen LogP contribution is 2.04. The molecule has 0 saturated heterocycles. The summed E-state index contributed by atoms with van der Waals surface area (Å²) in [5, 5.41) is 0. The maximum Gasteiger partial charge on any atom is 0.508 e. The van der Waals surface area contributed by atoms with Crippen molar-refractivity contribution in [1.82, 2.24) is 0 Å². The molecule has 0 aliphatic carbocycles. The maximum absolute atomic E-state index is 10.8. The van der Waals surface area contributed by atoms with Crippen LogP contribution in [0.3, 0.4) is 0 Å². The molecule has 0 bridgehead atoms. The highest BCUT2D eigenvalue weighted by molar-refractivity contribution is 5.59. The van der Waals surface area contributed by atoms with Crippen LogP contribution in [0, 0.1) is 0 Å². The Morgan fingerprint density at radius 3 is 2.71 bits per heavy atom. The van der Waals surface area contributed by atoms with Crippen molar-refractivity contribution in [3.8, 4) is 0 Å². The average molecular weight is 234 g/mol. The van der Waals surface area contributed by atoms with Gasteiger partial charge < -0.3 is 9.47 Å². The predicted molar refractivity (Wildman–Crippen MR) is 66.9 cm³/mol. The van der Waals surface area contributed by atoms with E-state index in [0.717, 1.165) is 12.8 Å². The lowest BCUT2D eigenvalue weighted by atomic mass is 10.1. The van der Waals surface area contributed by atoms with Gasteiger partial charge in [-0.15, -0.1) is 0 Å². The topological polar surface area (TPSA) is 35.5 Å². The second kappa shape index (κ2) is 7.49. The number of carbonyl (C=O) groups is 1. The number of methoxy groups -OCH3 is 1. The van der Waals surface area contributed by atoms with Crippen LogP contribution in [0.15, 0.2) is 42.5 Å². The molecule has 0 fully saturated rings. The van der Waals surface area contributed by atoms with Crippen LogP contribution in [-0.4, -0.2) is 19.4 Å². The quantitative estimate of drug-likeness (QED) is 0.579. The SMILES string of the molecule is COC(=O)OC(C)/C=C/CCc1ccccc1. The molecule has 92 valence electrons. The van der Waals surface area contributed by atoms with Gasteiger partial charge in [-0.1, -0.05) is 36.4 Å². The van der Waals surface area contributed by atoms with Gasteiger partial charge in [0.05, 0.1) is 7.11 Å². The number of hydrogen-bond donors (Lipinski definition) is 0. The fraction of sp³-hybridized carbons (Fsp3) is 0.357. The van der Waals surface area contributed by atoms with Gasteiger partial charge in [0.25, 0.3) is 0 Å². The summed E-state index contributed by atoms with van der Waals surface area (Å²) in [6.07, 6.45) is 4.89. The van der Waals surface area contributed by atoms with Gasteiger partial charge in [0.2, 0.25) is 0 Å². The van der Waals surface area contributed by atoms with E-state index in [-0.39, 0.29) is 6.10 Å². The van der Waals surface area contributed by atoms with Crippen LogP contribution in [-0.2, 0) is 15.9 Å².